The number of amides is 1. The van der Waals surface area contributed by atoms with Gasteiger partial charge in [-0.1, -0.05) is 54.2 Å². The Morgan fingerprint density at radius 3 is 2.60 bits per heavy atom. The predicted molar refractivity (Wildman–Crippen MR) is 120 cm³/mol. The van der Waals surface area contributed by atoms with Gasteiger partial charge in [0, 0.05) is 27.8 Å². The van der Waals surface area contributed by atoms with E-state index >= 15 is 0 Å². The van der Waals surface area contributed by atoms with Crippen LogP contribution in [0.1, 0.15) is 10.4 Å². The van der Waals surface area contributed by atoms with E-state index in [-0.39, 0.29) is 5.91 Å². The van der Waals surface area contributed by atoms with Gasteiger partial charge in [0.2, 0.25) is 0 Å². The van der Waals surface area contributed by atoms with Crippen LogP contribution >= 0.6 is 11.8 Å². The molecular weight excluding hydrogens is 392 g/mol. The summed E-state index contributed by atoms with van der Waals surface area (Å²) in [7, 11) is 1.64. The summed E-state index contributed by atoms with van der Waals surface area (Å²) in [6, 6.07) is 26.4. The van der Waals surface area contributed by atoms with Gasteiger partial charge in [0.1, 0.15) is 6.33 Å². The lowest BCUT2D eigenvalue weighted by Crippen LogP contribution is -2.17. The van der Waals surface area contributed by atoms with Gasteiger partial charge in [0.05, 0.1) is 5.52 Å². The van der Waals surface area contributed by atoms with Crippen molar-refractivity contribution in [3.8, 4) is 11.1 Å². The molecule has 0 bridgehead atoms. The number of carbonyl (C=O) groups is 1. The highest BCUT2D eigenvalue weighted by molar-refractivity contribution is 7.99. The molecule has 0 aliphatic heterocycles. The van der Waals surface area contributed by atoms with E-state index in [0.29, 0.717) is 5.56 Å². The van der Waals surface area contributed by atoms with Crippen molar-refractivity contribution in [1.82, 2.24) is 19.9 Å². The molecule has 0 spiro atoms. The smallest absolute Gasteiger partial charge is 0.251 e. The number of carbonyl (C=O) groups excluding carboxylic acids is 1. The molecule has 6 heteroatoms. The number of hydrogen-bond donors (Lipinski definition) is 1. The van der Waals surface area contributed by atoms with Crippen LogP contribution in [-0.2, 0) is 0 Å². The second-order valence-corrected chi connectivity index (χ2v) is 8.02. The van der Waals surface area contributed by atoms with Crippen molar-refractivity contribution >= 4 is 34.2 Å². The number of rotatable bonds is 4. The van der Waals surface area contributed by atoms with Gasteiger partial charge in [-0.25, -0.2) is 0 Å². The van der Waals surface area contributed by atoms with Gasteiger partial charge < -0.3 is 5.32 Å². The van der Waals surface area contributed by atoms with E-state index < -0.39 is 0 Å². The quantitative estimate of drug-likeness (QED) is 0.450. The lowest BCUT2D eigenvalue weighted by Gasteiger charge is -2.11. The molecule has 0 radical (unpaired) electrons. The van der Waals surface area contributed by atoms with Gasteiger partial charge >= 0.3 is 0 Å². The molecule has 1 N–H and O–H groups in total. The Hall–Kier alpha value is -3.64. The average Bonchev–Trinajstić information content (AvgIpc) is 3.28. The van der Waals surface area contributed by atoms with Crippen molar-refractivity contribution in [2.75, 3.05) is 7.05 Å². The van der Waals surface area contributed by atoms with E-state index in [1.807, 2.05) is 46.9 Å². The monoisotopic (exact) mass is 410 g/mol. The van der Waals surface area contributed by atoms with E-state index in [9.17, 15) is 4.79 Å². The van der Waals surface area contributed by atoms with E-state index in [2.05, 4.69) is 51.9 Å². The van der Waals surface area contributed by atoms with Crippen LogP contribution in [0, 0.1) is 0 Å². The fraction of sp³-hybridized carbons (Fsp3) is 0.0417. The summed E-state index contributed by atoms with van der Waals surface area (Å²) in [5.74, 6) is -0.0883. The highest BCUT2D eigenvalue weighted by atomic mass is 32.2. The van der Waals surface area contributed by atoms with Crippen molar-refractivity contribution < 1.29 is 4.79 Å². The third-order valence-corrected chi connectivity index (χ3v) is 5.99. The Balaban J connectivity index is 1.62. The molecule has 5 rings (SSSR count). The molecular formula is C24H18N4OS. The highest BCUT2D eigenvalue weighted by Gasteiger charge is 2.11. The van der Waals surface area contributed by atoms with Crippen LogP contribution < -0.4 is 5.32 Å². The fourth-order valence-corrected chi connectivity index (χ4v) is 4.49. The van der Waals surface area contributed by atoms with Crippen LogP contribution in [0.5, 0.6) is 0 Å². The number of pyridine rings is 1. The summed E-state index contributed by atoms with van der Waals surface area (Å²) in [5.41, 5.74) is 4.78. The van der Waals surface area contributed by atoms with Crippen molar-refractivity contribution in [3.05, 3.63) is 90.8 Å². The van der Waals surface area contributed by atoms with Crippen LogP contribution in [0.15, 0.2) is 95.0 Å². The van der Waals surface area contributed by atoms with Gasteiger partial charge in [-0.05, 0) is 47.5 Å². The molecule has 0 atom stereocenters. The number of aromatic nitrogens is 3. The number of nitrogens with zero attached hydrogens (tertiary/aromatic N) is 3. The Morgan fingerprint density at radius 1 is 0.933 bits per heavy atom. The SMILES string of the molecule is CNC(=O)c1cccc(Sc2ccc3c(-c4ccccc4)cc4nncn4c3c2)c1. The maximum absolute atomic E-state index is 11.9. The largest absolute Gasteiger partial charge is 0.355 e. The third-order valence-electron chi connectivity index (χ3n) is 5.01. The summed E-state index contributed by atoms with van der Waals surface area (Å²) >= 11 is 1.62. The minimum atomic E-state index is -0.0883. The summed E-state index contributed by atoms with van der Waals surface area (Å²) < 4.78 is 2.01. The second-order valence-electron chi connectivity index (χ2n) is 6.87. The molecule has 0 unspecified atom stereocenters. The first kappa shape index (κ1) is 18.4. The van der Waals surface area contributed by atoms with Gasteiger partial charge in [-0.3, -0.25) is 9.20 Å². The number of benzene rings is 3. The van der Waals surface area contributed by atoms with Crippen LogP contribution in [0.25, 0.3) is 27.7 Å². The molecule has 146 valence electrons. The molecule has 1 amide bonds. The normalized spacial score (nSPS) is 11.1. The van der Waals surface area contributed by atoms with Crippen molar-refractivity contribution in [1.29, 1.82) is 0 Å². The first-order valence-corrected chi connectivity index (χ1v) is 10.4. The molecule has 0 saturated heterocycles. The molecule has 30 heavy (non-hydrogen) atoms. The summed E-state index contributed by atoms with van der Waals surface area (Å²) in [6.45, 7) is 0. The van der Waals surface area contributed by atoms with Crippen LogP contribution in [0.2, 0.25) is 0 Å². The van der Waals surface area contributed by atoms with Gasteiger partial charge in [0.25, 0.3) is 5.91 Å². The topological polar surface area (TPSA) is 59.3 Å². The summed E-state index contributed by atoms with van der Waals surface area (Å²) in [4.78, 5) is 14.0. The summed E-state index contributed by atoms with van der Waals surface area (Å²) in [6.07, 6.45) is 1.74. The van der Waals surface area contributed by atoms with Gasteiger partial charge in [0.15, 0.2) is 5.65 Å². The predicted octanol–water partition coefficient (Wildman–Crippen LogP) is 5.06. The molecule has 5 aromatic rings. The minimum Gasteiger partial charge on any atom is -0.355 e. The Bertz CT molecular complexity index is 1380. The van der Waals surface area contributed by atoms with E-state index in [0.717, 1.165) is 37.5 Å². The minimum absolute atomic E-state index is 0.0883. The molecule has 5 nitrogen and oxygen atoms in total. The molecule has 2 heterocycles. The zero-order valence-corrected chi connectivity index (χ0v) is 17.1. The molecule has 2 aromatic heterocycles. The zero-order chi connectivity index (χ0) is 20.5. The molecule has 0 saturated carbocycles. The van der Waals surface area contributed by atoms with Crippen LogP contribution in [-0.4, -0.2) is 27.6 Å². The Labute approximate surface area is 177 Å². The van der Waals surface area contributed by atoms with Crippen molar-refractivity contribution in [2.24, 2.45) is 0 Å². The van der Waals surface area contributed by atoms with Crippen molar-refractivity contribution in [3.63, 3.8) is 0 Å². The Morgan fingerprint density at radius 2 is 1.77 bits per heavy atom. The maximum Gasteiger partial charge on any atom is 0.251 e. The van der Waals surface area contributed by atoms with Gasteiger partial charge in [-0.15, -0.1) is 10.2 Å². The molecule has 3 aromatic carbocycles. The Kier molecular flexibility index (Phi) is 4.69. The summed E-state index contributed by atoms with van der Waals surface area (Å²) in [5, 5.41) is 12.2. The van der Waals surface area contributed by atoms with Gasteiger partial charge in [-0.2, -0.15) is 0 Å². The van der Waals surface area contributed by atoms with Crippen LogP contribution in [0.4, 0.5) is 0 Å². The van der Waals surface area contributed by atoms with Crippen molar-refractivity contribution in [2.45, 2.75) is 9.79 Å². The molecule has 0 fully saturated rings. The number of nitrogens with one attached hydrogen (secondary N) is 1. The van der Waals surface area contributed by atoms with E-state index in [1.165, 1.54) is 0 Å². The first-order valence-electron chi connectivity index (χ1n) is 9.55. The lowest BCUT2D eigenvalue weighted by atomic mass is 10.0. The second kappa shape index (κ2) is 7.65. The highest BCUT2D eigenvalue weighted by Crippen LogP contribution is 2.35. The number of fused-ring (bicyclic) bond motifs is 3. The fourth-order valence-electron chi connectivity index (χ4n) is 3.57. The average molecular weight is 411 g/mol. The van der Waals surface area contributed by atoms with E-state index in [4.69, 9.17) is 0 Å². The molecule has 0 aliphatic carbocycles. The molecule has 0 aliphatic rings. The lowest BCUT2D eigenvalue weighted by molar-refractivity contribution is 0.0963. The standard InChI is InChI=1S/C24H18N4OS/c1-25-24(29)17-8-5-9-18(12-17)30-19-10-11-20-21(16-6-3-2-4-7-16)14-23-27-26-15-28(23)22(20)13-19/h2-15H,1H3,(H,25,29). The van der Waals surface area contributed by atoms with Crippen LogP contribution in [0.3, 0.4) is 0 Å². The number of hydrogen-bond acceptors (Lipinski definition) is 4. The zero-order valence-electron chi connectivity index (χ0n) is 16.2. The third kappa shape index (κ3) is 3.31. The van der Waals surface area contributed by atoms with E-state index in [1.54, 1.807) is 25.1 Å². The first-order chi connectivity index (χ1) is 14.7. The maximum atomic E-state index is 11.9.